The zero-order valence-electron chi connectivity index (χ0n) is 16.7. The van der Waals surface area contributed by atoms with E-state index in [0.717, 1.165) is 46.6 Å². The minimum atomic E-state index is -1.14. The molecule has 0 heterocycles. The van der Waals surface area contributed by atoms with E-state index < -0.39 is 8.07 Å². The lowest BCUT2D eigenvalue weighted by atomic mass is 9.92. The Morgan fingerprint density at radius 1 is 0.864 bits per heavy atom. The van der Waals surface area contributed by atoms with Crippen molar-refractivity contribution in [2.45, 2.75) is 97.8 Å². The maximum absolute atomic E-state index is 2.75. The number of hydrogen-bond donors (Lipinski definition) is 0. The van der Waals surface area contributed by atoms with Gasteiger partial charge in [-0.3, -0.25) is 0 Å². The Morgan fingerprint density at radius 3 is 1.91 bits per heavy atom. The smallest absolute Gasteiger partial charge is 0.0541 e. The molecule has 0 radical (unpaired) electrons. The first-order chi connectivity index (χ1) is 10.2. The van der Waals surface area contributed by atoms with Crippen molar-refractivity contribution in [3.8, 4) is 0 Å². The van der Waals surface area contributed by atoms with E-state index >= 15 is 0 Å². The molecule has 1 heteroatoms. The summed E-state index contributed by atoms with van der Waals surface area (Å²) in [4.78, 5) is 0. The predicted molar refractivity (Wildman–Crippen MR) is 103 cm³/mol. The summed E-state index contributed by atoms with van der Waals surface area (Å²) in [6.45, 7) is 20.5. The van der Waals surface area contributed by atoms with Crippen LogP contribution in [0.1, 0.15) is 73.6 Å². The Labute approximate surface area is 141 Å². The average molecular weight is 323 g/mol. The molecule has 0 amide bonds. The van der Waals surface area contributed by atoms with E-state index in [9.17, 15) is 0 Å². The molecule has 0 aromatic rings. The first-order valence-electron chi connectivity index (χ1n) is 10.2. The van der Waals surface area contributed by atoms with E-state index in [0.29, 0.717) is 0 Å². The van der Waals surface area contributed by atoms with Crippen molar-refractivity contribution in [1.82, 2.24) is 0 Å². The molecular formula is C21H42Si. The molecule has 0 saturated heterocycles. The Bertz CT molecular complexity index is 345. The van der Waals surface area contributed by atoms with E-state index in [4.69, 9.17) is 0 Å². The maximum Gasteiger partial charge on any atom is 0.0541 e. The van der Waals surface area contributed by atoms with Crippen molar-refractivity contribution >= 4 is 8.07 Å². The van der Waals surface area contributed by atoms with Gasteiger partial charge in [-0.1, -0.05) is 80.3 Å². The normalized spacial score (nSPS) is 43.2. The molecule has 2 aliphatic rings. The van der Waals surface area contributed by atoms with Gasteiger partial charge in [0.2, 0.25) is 0 Å². The van der Waals surface area contributed by atoms with Crippen LogP contribution in [0, 0.1) is 35.5 Å². The van der Waals surface area contributed by atoms with E-state index in [2.05, 4.69) is 54.6 Å². The standard InChI is InChI=1S/C21H42Si/c1-14(2)9-10-19-11-12-20(13-19)22(7,8)21-17(5)15(3)16(4)18(21)6/h14-21H,9-13H2,1-8H3. The van der Waals surface area contributed by atoms with E-state index in [1.807, 2.05) is 0 Å². The molecule has 2 fully saturated rings. The molecule has 6 unspecified atom stereocenters. The van der Waals surface area contributed by atoms with Gasteiger partial charge in [-0.25, -0.2) is 0 Å². The Kier molecular flexibility index (Phi) is 5.90. The average Bonchev–Trinajstić information content (AvgIpc) is 2.98. The molecule has 130 valence electrons. The van der Waals surface area contributed by atoms with E-state index in [1.54, 1.807) is 12.8 Å². The molecule has 0 nitrogen and oxygen atoms in total. The zero-order valence-corrected chi connectivity index (χ0v) is 17.7. The molecule has 0 aliphatic heterocycles. The van der Waals surface area contributed by atoms with Gasteiger partial charge >= 0.3 is 0 Å². The summed E-state index contributed by atoms with van der Waals surface area (Å²) in [5, 5.41) is 0. The first kappa shape index (κ1) is 18.6. The van der Waals surface area contributed by atoms with Crippen LogP contribution in [0.2, 0.25) is 24.2 Å². The lowest BCUT2D eigenvalue weighted by molar-refractivity contribution is 0.352. The fourth-order valence-electron chi connectivity index (χ4n) is 6.30. The minimum absolute atomic E-state index is 0.890. The van der Waals surface area contributed by atoms with Gasteiger partial charge in [-0.2, -0.15) is 0 Å². The third-order valence-electron chi connectivity index (χ3n) is 8.23. The summed E-state index contributed by atoms with van der Waals surface area (Å²) in [5.74, 6) is 5.74. The van der Waals surface area contributed by atoms with E-state index in [1.165, 1.54) is 19.3 Å². The van der Waals surface area contributed by atoms with Crippen LogP contribution in [-0.2, 0) is 0 Å². The molecule has 22 heavy (non-hydrogen) atoms. The van der Waals surface area contributed by atoms with E-state index in [-0.39, 0.29) is 0 Å². The highest BCUT2D eigenvalue weighted by molar-refractivity contribution is 6.80. The third-order valence-corrected chi connectivity index (χ3v) is 13.6. The molecule has 0 spiro atoms. The van der Waals surface area contributed by atoms with Crippen molar-refractivity contribution in [2.75, 3.05) is 0 Å². The summed E-state index contributed by atoms with van der Waals surface area (Å²) in [5.41, 5.74) is 2.17. The van der Waals surface area contributed by atoms with Crippen molar-refractivity contribution in [3.63, 3.8) is 0 Å². The predicted octanol–water partition coefficient (Wildman–Crippen LogP) is 7.23. The van der Waals surface area contributed by atoms with Crippen LogP contribution >= 0.6 is 0 Å². The SMILES string of the molecule is CC(C)CCC1CCC([Si](C)(C)C2C(C)C(C)C(C)C2C)C1. The second kappa shape index (κ2) is 6.99. The van der Waals surface area contributed by atoms with Crippen molar-refractivity contribution in [3.05, 3.63) is 0 Å². The molecule has 0 aromatic heterocycles. The van der Waals surface area contributed by atoms with Crippen LogP contribution in [0.5, 0.6) is 0 Å². The number of rotatable bonds is 5. The monoisotopic (exact) mass is 322 g/mol. The lowest BCUT2D eigenvalue weighted by Crippen LogP contribution is -2.41. The molecule has 0 aromatic carbocycles. The van der Waals surface area contributed by atoms with Gasteiger partial charge in [-0.15, -0.1) is 0 Å². The van der Waals surface area contributed by atoms with Crippen LogP contribution < -0.4 is 0 Å². The van der Waals surface area contributed by atoms with Crippen LogP contribution in [-0.4, -0.2) is 8.07 Å². The summed E-state index contributed by atoms with van der Waals surface area (Å²) in [6.07, 6.45) is 7.62. The lowest BCUT2D eigenvalue weighted by Gasteiger charge is -2.41. The summed E-state index contributed by atoms with van der Waals surface area (Å²) < 4.78 is 0. The van der Waals surface area contributed by atoms with Crippen LogP contribution in [0.4, 0.5) is 0 Å². The highest BCUT2D eigenvalue weighted by Gasteiger charge is 2.52. The second-order valence-electron chi connectivity index (χ2n) is 10.1. The topological polar surface area (TPSA) is 0 Å². The highest BCUT2D eigenvalue weighted by atomic mass is 28.3. The molecule has 6 atom stereocenters. The van der Waals surface area contributed by atoms with Crippen molar-refractivity contribution < 1.29 is 0 Å². The third kappa shape index (κ3) is 3.50. The Morgan fingerprint density at radius 2 is 1.41 bits per heavy atom. The fraction of sp³-hybridized carbons (Fsp3) is 1.00. The van der Waals surface area contributed by atoms with Crippen LogP contribution in [0.3, 0.4) is 0 Å². The molecule has 0 N–H and O–H groups in total. The van der Waals surface area contributed by atoms with Gasteiger partial charge in [-0.05, 0) is 53.0 Å². The van der Waals surface area contributed by atoms with Gasteiger partial charge in [0, 0.05) is 0 Å². The summed E-state index contributed by atoms with van der Waals surface area (Å²) >= 11 is 0. The highest BCUT2D eigenvalue weighted by Crippen LogP contribution is 2.59. The Hall–Kier alpha value is 0.217. The number of hydrogen-bond acceptors (Lipinski definition) is 0. The van der Waals surface area contributed by atoms with Gasteiger partial charge in [0.15, 0.2) is 0 Å². The summed E-state index contributed by atoms with van der Waals surface area (Å²) in [7, 11) is -1.14. The largest absolute Gasteiger partial charge is 0.0689 e. The molecule has 0 bridgehead atoms. The molecule has 2 saturated carbocycles. The van der Waals surface area contributed by atoms with Gasteiger partial charge < -0.3 is 0 Å². The van der Waals surface area contributed by atoms with Gasteiger partial charge in [0.25, 0.3) is 0 Å². The zero-order chi connectivity index (χ0) is 16.7. The first-order valence-corrected chi connectivity index (χ1v) is 13.3. The van der Waals surface area contributed by atoms with Crippen LogP contribution in [0.25, 0.3) is 0 Å². The Balaban J connectivity index is 2.02. The fourth-order valence-corrected chi connectivity index (χ4v) is 12.0. The van der Waals surface area contributed by atoms with Gasteiger partial charge in [0.05, 0.1) is 8.07 Å². The van der Waals surface area contributed by atoms with Gasteiger partial charge in [0.1, 0.15) is 0 Å². The molecule has 2 aliphatic carbocycles. The van der Waals surface area contributed by atoms with Crippen molar-refractivity contribution in [1.29, 1.82) is 0 Å². The molecular weight excluding hydrogens is 280 g/mol. The van der Waals surface area contributed by atoms with Crippen molar-refractivity contribution in [2.24, 2.45) is 35.5 Å². The quantitative estimate of drug-likeness (QED) is 0.468. The molecule has 2 rings (SSSR count). The maximum atomic E-state index is 2.75. The van der Waals surface area contributed by atoms with Crippen LogP contribution in [0.15, 0.2) is 0 Å². The summed E-state index contributed by atoms with van der Waals surface area (Å²) in [6, 6.07) is 0. The minimum Gasteiger partial charge on any atom is -0.0689 e. The second-order valence-corrected chi connectivity index (χ2v) is 15.3.